The predicted octanol–water partition coefficient (Wildman–Crippen LogP) is 4.41. The molecule has 10 heteroatoms. The molecule has 0 saturated heterocycles. The van der Waals surface area contributed by atoms with Crippen molar-refractivity contribution in [3.8, 4) is 0 Å². The first-order valence-electron chi connectivity index (χ1n) is 12.1. The number of carbonyl (C=O) groups excluding carboxylic acids is 1. The van der Waals surface area contributed by atoms with Crippen LogP contribution in [0.4, 0.5) is 5.69 Å². The second-order valence-electron chi connectivity index (χ2n) is 8.60. The van der Waals surface area contributed by atoms with E-state index in [-0.39, 0.29) is 11.5 Å². The van der Waals surface area contributed by atoms with Crippen molar-refractivity contribution >= 4 is 40.8 Å². The van der Waals surface area contributed by atoms with E-state index in [1.807, 2.05) is 66.7 Å². The maximum absolute atomic E-state index is 13.8. The lowest BCUT2D eigenvalue weighted by Gasteiger charge is -2.25. The molecule has 1 N–H and O–H groups in total. The molecular weight excluding hydrogens is 530 g/mol. The van der Waals surface area contributed by atoms with Crippen LogP contribution in [0, 0.1) is 0 Å². The van der Waals surface area contributed by atoms with Gasteiger partial charge in [-0.1, -0.05) is 59.9 Å². The Hall–Kier alpha value is -4.54. The van der Waals surface area contributed by atoms with Crippen LogP contribution in [0.25, 0.3) is 6.08 Å². The average Bonchev–Trinajstić information content (AvgIpc) is 3.52. The monoisotopic (exact) mass is 551 g/mol. The second kappa shape index (κ2) is 10.7. The fraction of sp³-hybridized carbons (Fsp3) is 0.0690. The minimum Gasteiger partial charge on any atom is -0.450 e. The summed E-state index contributed by atoms with van der Waals surface area (Å²) in [5.41, 5.74) is 2.21. The van der Waals surface area contributed by atoms with Crippen molar-refractivity contribution in [2.75, 3.05) is 5.32 Å². The van der Waals surface area contributed by atoms with E-state index in [9.17, 15) is 9.59 Å². The maximum Gasteiger partial charge on any atom is 0.271 e. The number of aromatic nitrogens is 3. The molecule has 0 unspecified atom stereocenters. The Morgan fingerprint density at radius 2 is 1.72 bits per heavy atom. The van der Waals surface area contributed by atoms with E-state index in [0.29, 0.717) is 42.3 Å². The Bertz CT molecular complexity index is 1860. The highest BCUT2D eigenvalue weighted by Gasteiger charge is 2.32. The van der Waals surface area contributed by atoms with Gasteiger partial charge in [-0.2, -0.15) is 0 Å². The van der Waals surface area contributed by atoms with Crippen LogP contribution < -0.4 is 20.2 Å². The predicted molar refractivity (Wildman–Crippen MR) is 150 cm³/mol. The molecule has 6 rings (SSSR count). The number of hydrogen-bond acceptors (Lipinski definition) is 8. The highest BCUT2D eigenvalue weighted by atomic mass is 32.2. The highest BCUT2D eigenvalue weighted by molar-refractivity contribution is 7.99. The van der Waals surface area contributed by atoms with E-state index >= 15 is 0 Å². The van der Waals surface area contributed by atoms with Crippen LogP contribution in [0.2, 0.25) is 0 Å². The van der Waals surface area contributed by atoms with Gasteiger partial charge < -0.3 is 9.73 Å². The standard InChI is InChI=1S/C29H21N5O3S2/c1-18-24(26(35)33-20-11-6-3-7-12-20)25(19-9-4-2-5-10-19)34-27(36)22(38-29(34)32-18)17-21-13-14-23(37-21)39-28-30-15-8-16-31-28/h2-17,25H,1H3,(H,33,35)/b22-17+/t25-/m1/s1. The number of rotatable bonds is 6. The van der Waals surface area contributed by atoms with Crippen molar-refractivity contribution in [1.29, 1.82) is 0 Å². The van der Waals surface area contributed by atoms with E-state index in [2.05, 4.69) is 20.3 Å². The largest absolute Gasteiger partial charge is 0.450 e. The van der Waals surface area contributed by atoms with E-state index in [1.165, 1.54) is 23.1 Å². The van der Waals surface area contributed by atoms with Gasteiger partial charge >= 0.3 is 0 Å². The SMILES string of the molecule is CC1=C(C(=O)Nc2ccccc2)[C@@H](c2ccccc2)n2c(s/c(=C/c3ccc(Sc4ncccn4)o3)c2=O)=N1. The minimum absolute atomic E-state index is 0.248. The molecule has 0 saturated carbocycles. The zero-order valence-corrected chi connectivity index (χ0v) is 22.3. The third-order valence-electron chi connectivity index (χ3n) is 6.02. The molecule has 4 heterocycles. The quantitative estimate of drug-likeness (QED) is 0.314. The van der Waals surface area contributed by atoms with Crippen LogP contribution in [-0.4, -0.2) is 20.4 Å². The molecule has 0 bridgehead atoms. The summed E-state index contributed by atoms with van der Waals surface area (Å²) >= 11 is 2.55. The minimum atomic E-state index is -0.633. The van der Waals surface area contributed by atoms with Gasteiger partial charge in [-0.25, -0.2) is 15.0 Å². The Morgan fingerprint density at radius 1 is 1.00 bits per heavy atom. The van der Waals surface area contributed by atoms with E-state index in [4.69, 9.17) is 4.42 Å². The second-order valence-corrected chi connectivity index (χ2v) is 10.6. The number of carbonyl (C=O) groups is 1. The van der Waals surface area contributed by atoms with E-state index in [1.54, 1.807) is 42.1 Å². The molecule has 1 aliphatic heterocycles. The number of fused-ring (bicyclic) bond motifs is 1. The molecule has 0 spiro atoms. The van der Waals surface area contributed by atoms with Crippen molar-refractivity contribution in [2.24, 2.45) is 4.99 Å². The Balaban J connectivity index is 1.40. The normalized spacial score (nSPS) is 15.1. The first-order chi connectivity index (χ1) is 19.1. The number of amides is 1. The molecule has 0 fully saturated rings. The van der Waals surface area contributed by atoms with Crippen LogP contribution in [-0.2, 0) is 4.79 Å². The van der Waals surface area contributed by atoms with Gasteiger partial charge in [0.05, 0.1) is 21.8 Å². The average molecular weight is 552 g/mol. The lowest BCUT2D eigenvalue weighted by molar-refractivity contribution is -0.113. The third kappa shape index (κ3) is 5.12. The number of para-hydroxylation sites is 1. The topological polar surface area (TPSA) is 102 Å². The lowest BCUT2D eigenvalue weighted by atomic mass is 9.95. The molecule has 192 valence electrons. The summed E-state index contributed by atoms with van der Waals surface area (Å²) in [6.45, 7) is 1.80. The number of nitrogens with zero attached hydrogens (tertiary/aromatic N) is 4. The fourth-order valence-corrected chi connectivity index (χ4v) is 6.01. The zero-order valence-electron chi connectivity index (χ0n) is 20.6. The molecule has 8 nitrogen and oxygen atoms in total. The number of anilines is 1. The van der Waals surface area contributed by atoms with E-state index < -0.39 is 6.04 Å². The molecular formula is C29H21N5O3S2. The molecule has 0 aliphatic carbocycles. The molecule has 1 aliphatic rings. The summed E-state index contributed by atoms with van der Waals surface area (Å²) in [6.07, 6.45) is 5.03. The van der Waals surface area contributed by atoms with Gasteiger partial charge in [0, 0.05) is 24.2 Å². The van der Waals surface area contributed by atoms with Crippen LogP contribution in [0.5, 0.6) is 0 Å². The first-order valence-corrected chi connectivity index (χ1v) is 13.7. The smallest absolute Gasteiger partial charge is 0.271 e. The number of benzene rings is 2. The summed E-state index contributed by atoms with van der Waals surface area (Å²) in [5.74, 6) is 0.217. The van der Waals surface area contributed by atoms with E-state index in [0.717, 1.165) is 5.56 Å². The molecule has 3 aromatic heterocycles. The van der Waals surface area contributed by atoms with Gasteiger partial charge in [-0.15, -0.1) is 0 Å². The number of thiazole rings is 1. The highest BCUT2D eigenvalue weighted by Crippen LogP contribution is 2.31. The fourth-order valence-electron chi connectivity index (χ4n) is 4.31. The Kier molecular flexibility index (Phi) is 6.78. The molecule has 1 amide bonds. The van der Waals surface area contributed by atoms with Crippen LogP contribution in [0.3, 0.4) is 0 Å². The molecule has 2 aromatic carbocycles. The molecule has 39 heavy (non-hydrogen) atoms. The van der Waals surface area contributed by atoms with Crippen LogP contribution in [0.15, 0.2) is 127 Å². The summed E-state index contributed by atoms with van der Waals surface area (Å²) < 4.78 is 7.96. The summed E-state index contributed by atoms with van der Waals surface area (Å²) in [6, 6.07) is 23.5. The third-order valence-corrected chi connectivity index (χ3v) is 7.82. The first kappa shape index (κ1) is 24.8. The number of allylic oxidation sites excluding steroid dienone is 1. The van der Waals surface area contributed by atoms with Gasteiger partial charge in [-0.3, -0.25) is 14.2 Å². The summed E-state index contributed by atoms with van der Waals surface area (Å²) in [4.78, 5) is 40.9. The number of hydrogen-bond donors (Lipinski definition) is 1. The van der Waals surface area contributed by atoms with Gasteiger partial charge in [0.25, 0.3) is 11.5 Å². The number of nitrogens with one attached hydrogen (secondary N) is 1. The summed E-state index contributed by atoms with van der Waals surface area (Å²) in [7, 11) is 0. The Labute approximate surface area is 231 Å². The van der Waals surface area contributed by atoms with Crippen molar-refractivity contribution in [2.45, 2.75) is 23.2 Å². The number of furan rings is 1. The Morgan fingerprint density at radius 3 is 2.46 bits per heavy atom. The lowest BCUT2D eigenvalue weighted by Crippen LogP contribution is -2.40. The van der Waals surface area contributed by atoms with Crippen molar-refractivity contribution in [1.82, 2.24) is 14.5 Å². The molecule has 0 radical (unpaired) electrons. The van der Waals surface area contributed by atoms with Gasteiger partial charge in [-0.05, 0) is 54.6 Å². The van der Waals surface area contributed by atoms with Gasteiger partial charge in [0.2, 0.25) is 0 Å². The zero-order chi connectivity index (χ0) is 26.8. The van der Waals surface area contributed by atoms with Gasteiger partial charge in [0.15, 0.2) is 15.1 Å². The van der Waals surface area contributed by atoms with Crippen molar-refractivity contribution in [3.05, 3.63) is 134 Å². The maximum atomic E-state index is 13.8. The summed E-state index contributed by atoms with van der Waals surface area (Å²) in [5, 5.41) is 4.13. The van der Waals surface area contributed by atoms with Crippen molar-refractivity contribution in [3.63, 3.8) is 0 Å². The van der Waals surface area contributed by atoms with Crippen LogP contribution in [0.1, 0.15) is 24.3 Å². The van der Waals surface area contributed by atoms with Crippen molar-refractivity contribution < 1.29 is 9.21 Å². The van der Waals surface area contributed by atoms with Crippen LogP contribution >= 0.6 is 23.1 Å². The van der Waals surface area contributed by atoms with Gasteiger partial charge in [0.1, 0.15) is 5.76 Å². The molecule has 5 aromatic rings. The molecule has 1 atom stereocenters.